The van der Waals surface area contributed by atoms with Gasteiger partial charge in [0, 0.05) is 34.8 Å². The average Bonchev–Trinajstić information content (AvgIpc) is 3.26. The normalized spacial score (nSPS) is 24.3. The van der Waals surface area contributed by atoms with Crippen molar-refractivity contribution >= 4 is 28.3 Å². The Morgan fingerprint density at radius 1 is 1.00 bits per heavy atom. The van der Waals surface area contributed by atoms with E-state index in [1.807, 2.05) is 42.6 Å². The molecule has 4 nitrogen and oxygen atoms in total. The average molecular weight is 461 g/mol. The molecule has 0 saturated heterocycles. The van der Waals surface area contributed by atoms with Gasteiger partial charge in [-0.25, -0.2) is 14.4 Å². The zero-order valence-corrected chi connectivity index (χ0v) is 19.2. The van der Waals surface area contributed by atoms with E-state index < -0.39 is 0 Å². The number of anilines is 1. The molecule has 2 unspecified atom stereocenters. The number of nitrogens with one attached hydrogen (secondary N) is 2. The van der Waals surface area contributed by atoms with Gasteiger partial charge in [-0.15, -0.1) is 0 Å². The number of aromatic nitrogens is 3. The molecule has 0 radical (unpaired) electrons. The number of aromatic amines is 1. The molecular formula is C27H26ClFN4. The molecule has 3 fully saturated rings. The molecule has 7 rings (SSSR count). The van der Waals surface area contributed by atoms with Gasteiger partial charge in [-0.2, -0.15) is 0 Å². The number of hydrogen-bond donors (Lipinski definition) is 2. The Morgan fingerprint density at radius 2 is 1.76 bits per heavy atom. The Kier molecular flexibility index (Phi) is 5.10. The molecule has 2 bridgehead atoms. The lowest BCUT2D eigenvalue weighted by Crippen LogP contribution is -2.47. The molecule has 2 N–H and O–H groups in total. The van der Waals surface area contributed by atoms with E-state index >= 15 is 0 Å². The minimum atomic E-state index is -0.377. The molecule has 3 saturated carbocycles. The maximum Gasteiger partial charge on any atom is 0.164 e. The van der Waals surface area contributed by atoms with E-state index in [1.54, 1.807) is 0 Å². The summed E-state index contributed by atoms with van der Waals surface area (Å²) in [5.41, 5.74) is 3.29. The van der Waals surface area contributed by atoms with E-state index in [0.717, 1.165) is 28.6 Å². The van der Waals surface area contributed by atoms with Crippen LogP contribution < -0.4 is 5.32 Å². The zero-order valence-electron chi connectivity index (χ0n) is 18.5. The molecule has 0 aliphatic heterocycles. The van der Waals surface area contributed by atoms with Crippen LogP contribution in [0.15, 0.2) is 54.7 Å². The third-order valence-electron chi connectivity index (χ3n) is 7.69. The monoisotopic (exact) mass is 460 g/mol. The summed E-state index contributed by atoms with van der Waals surface area (Å²) >= 11 is 6.28. The van der Waals surface area contributed by atoms with Crippen LogP contribution in [0.3, 0.4) is 0 Å². The summed E-state index contributed by atoms with van der Waals surface area (Å²) in [7, 11) is 0. The second-order valence-electron chi connectivity index (χ2n) is 9.54. The highest BCUT2D eigenvalue weighted by Crippen LogP contribution is 2.46. The van der Waals surface area contributed by atoms with E-state index in [0.29, 0.717) is 39.6 Å². The summed E-state index contributed by atoms with van der Waals surface area (Å²) in [6.45, 7) is 2.37. The zero-order chi connectivity index (χ0) is 22.5. The first-order chi connectivity index (χ1) is 16.1. The van der Waals surface area contributed by atoms with Crippen LogP contribution in [0.2, 0.25) is 5.02 Å². The van der Waals surface area contributed by atoms with Gasteiger partial charge in [-0.3, -0.25) is 0 Å². The van der Waals surface area contributed by atoms with Crippen molar-refractivity contribution in [3.63, 3.8) is 0 Å². The third kappa shape index (κ3) is 3.68. The number of hydrogen-bond acceptors (Lipinski definition) is 3. The predicted molar refractivity (Wildman–Crippen MR) is 132 cm³/mol. The van der Waals surface area contributed by atoms with E-state index in [4.69, 9.17) is 21.6 Å². The van der Waals surface area contributed by atoms with Gasteiger partial charge in [0.2, 0.25) is 0 Å². The van der Waals surface area contributed by atoms with Crippen molar-refractivity contribution < 1.29 is 4.39 Å². The highest BCUT2D eigenvalue weighted by atomic mass is 35.5. The van der Waals surface area contributed by atoms with Gasteiger partial charge >= 0.3 is 0 Å². The highest BCUT2D eigenvalue weighted by Gasteiger charge is 2.41. The van der Waals surface area contributed by atoms with Crippen molar-refractivity contribution in [2.24, 2.45) is 17.8 Å². The molecule has 0 amide bonds. The van der Waals surface area contributed by atoms with E-state index in [9.17, 15) is 4.39 Å². The SMILES string of the molecule is CC1C2CCC(CC2)C1Nc1cc(-c2ccccc2)nc(-c2c[nH]c3c(Cl)cc(F)cc23)n1. The fourth-order valence-corrected chi connectivity index (χ4v) is 6.17. The Balaban J connectivity index is 1.46. The number of nitrogens with zero attached hydrogens (tertiary/aromatic N) is 2. The first kappa shape index (κ1) is 20.7. The fourth-order valence-electron chi connectivity index (χ4n) is 5.91. The van der Waals surface area contributed by atoms with Crippen LogP contribution in [0.1, 0.15) is 32.6 Å². The Labute approximate surface area is 197 Å². The van der Waals surface area contributed by atoms with Crippen molar-refractivity contribution in [2.75, 3.05) is 5.32 Å². The lowest BCUT2D eigenvalue weighted by molar-refractivity contribution is 0.0928. The molecule has 0 spiro atoms. The van der Waals surface area contributed by atoms with Gasteiger partial charge < -0.3 is 10.3 Å². The van der Waals surface area contributed by atoms with Crippen LogP contribution >= 0.6 is 11.6 Å². The lowest BCUT2D eigenvalue weighted by atomic mass is 9.62. The Morgan fingerprint density at radius 3 is 2.52 bits per heavy atom. The van der Waals surface area contributed by atoms with Gasteiger partial charge in [-0.1, -0.05) is 48.9 Å². The first-order valence-corrected chi connectivity index (χ1v) is 12.1. The molecule has 2 atom stereocenters. The fraction of sp³-hybridized carbons (Fsp3) is 0.333. The van der Waals surface area contributed by atoms with Gasteiger partial charge in [-0.05, 0) is 55.6 Å². The Bertz CT molecular complexity index is 1310. The van der Waals surface area contributed by atoms with Gasteiger partial charge in [0.05, 0.1) is 16.2 Å². The van der Waals surface area contributed by atoms with Crippen molar-refractivity contribution in [3.05, 3.63) is 65.6 Å². The predicted octanol–water partition coefficient (Wildman–Crippen LogP) is 7.32. The minimum absolute atomic E-state index is 0.348. The van der Waals surface area contributed by atoms with Crippen LogP contribution in [-0.4, -0.2) is 21.0 Å². The summed E-state index contributed by atoms with van der Waals surface area (Å²) in [4.78, 5) is 13.0. The number of fused-ring (bicyclic) bond motifs is 4. The summed E-state index contributed by atoms with van der Waals surface area (Å²) in [6, 6.07) is 15.4. The van der Waals surface area contributed by atoms with Crippen LogP contribution in [0.4, 0.5) is 10.2 Å². The number of rotatable bonds is 4. The Hall–Kier alpha value is -2.92. The van der Waals surface area contributed by atoms with E-state index in [2.05, 4.69) is 17.2 Å². The molecule has 2 heterocycles. The minimum Gasteiger partial charge on any atom is -0.367 e. The number of halogens is 2. The molecule has 2 aromatic heterocycles. The molecule has 4 aromatic rings. The molecule has 2 aromatic carbocycles. The summed E-state index contributed by atoms with van der Waals surface area (Å²) in [6.07, 6.45) is 7.08. The van der Waals surface area contributed by atoms with Crippen molar-refractivity contribution in [1.29, 1.82) is 0 Å². The van der Waals surface area contributed by atoms with Crippen LogP contribution in [0.25, 0.3) is 33.5 Å². The van der Waals surface area contributed by atoms with Crippen LogP contribution in [0, 0.1) is 23.6 Å². The van der Waals surface area contributed by atoms with E-state index in [1.165, 1.54) is 37.8 Å². The van der Waals surface area contributed by atoms with Crippen molar-refractivity contribution in [2.45, 2.75) is 38.6 Å². The first-order valence-electron chi connectivity index (χ1n) is 11.7. The quantitative estimate of drug-likeness (QED) is 0.335. The number of benzene rings is 2. The topological polar surface area (TPSA) is 53.6 Å². The van der Waals surface area contributed by atoms with Gasteiger partial charge in [0.1, 0.15) is 11.6 Å². The standard InChI is InChI=1S/C27H26ClFN4/c1-15-16-7-9-18(10-8-16)25(15)32-24-13-23(17-5-3-2-4-6-17)31-27(33-24)21-14-30-26-20(21)11-19(29)12-22(26)28/h2-6,11-16,18,25,30H,7-10H2,1H3,(H,31,32,33). The smallest absolute Gasteiger partial charge is 0.164 e. The second-order valence-corrected chi connectivity index (χ2v) is 9.95. The molecule has 6 heteroatoms. The van der Waals surface area contributed by atoms with Gasteiger partial charge in [0.15, 0.2) is 5.82 Å². The van der Waals surface area contributed by atoms with Crippen LogP contribution in [-0.2, 0) is 0 Å². The molecule has 168 valence electrons. The molecule has 3 aliphatic rings. The van der Waals surface area contributed by atoms with Gasteiger partial charge in [0.25, 0.3) is 0 Å². The maximum atomic E-state index is 14.2. The highest BCUT2D eigenvalue weighted by molar-refractivity contribution is 6.35. The van der Waals surface area contributed by atoms with E-state index in [-0.39, 0.29) is 5.82 Å². The molecule has 33 heavy (non-hydrogen) atoms. The molecule has 3 aliphatic carbocycles. The summed E-state index contributed by atoms with van der Waals surface area (Å²) < 4.78 is 14.2. The van der Waals surface area contributed by atoms with Crippen molar-refractivity contribution in [1.82, 2.24) is 15.0 Å². The molecular weight excluding hydrogens is 435 g/mol. The maximum absolute atomic E-state index is 14.2. The number of H-pyrrole nitrogens is 1. The second kappa shape index (κ2) is 8.14. The van der Waals surface area contributed by atoms with Crippen LogP contribution in [0.5, 0.6) is 0 Å². The third-order valence-corrected chi connectivity index (χ3v) is 7.99. The lowest BCUT2D eigenvalue weighted by Gasteiger charge is -2.47. The summed E-state index contributed by atoms with van der Waals surface area (Å²) in [5.74, 6) is 3.10. The summed E-state index contributed by atoms with van der Waals surface area (Å²) in [5, 5.41) is 4.81. The largest absolute Gasteiger partial charge is 0.367 e. The van der Waals surface area contributed by atoms with Crippen molar-refractivity contribution in [3.8, 4) is 22.6 Å².